The van der Waals surface area contributed by atoms with Crippen molar-refractivity contribution in [2.24, 2.45) is 0 Å². The summed E-state index contributed by atoms with van der Waals surface area (Å²) in [5.41, 5.74) is 0.143. The van der Waals surface area contributed by atoms with Crippen LogP contribution in [0.15, 0.2) is 24.3 Å². The maximum Gasteiger partial charge on any atom is 0.314 e. The number of thioether (sulfide) groups is 1. The van der Waals surface area contributed by atoms with E-state index in [2.05, 4.69) is 0 Å². The fourth-order valence-electron chi connectivity index (χ4n) is 3.00. The Morgan fingerprint density at radius 3 is 2.53 bits per heavy atom. The summed E-state index contributed by atoms with van der Waals surface area (Å²) in [6.45, 7) is 0. The number of hydrogen-bond acceptors (Lipinski definition) is 3. The van der Waals surface area contributed by atoms with Gasteiger partial charge in [0.1, 0.15) is 11.9 Å². The number of rotatable bonds is 4. The van der Waals surface area contributed by atoms with Gasteiger partial charge in [-0.25, -0.2) is 0 Å². The first-order chi connectivity index (χ1) is 9.22. The fourth-order valence-corrected chi connectivity index (χ4v) is 3.57. The zero-order valence-corrected chi connectivity index (χ0v) is 11.6. The maximum atomic E-state index is 11.8. The summed E-state index contributed by atoms with van der Waals surface area (Å²) < 4.78 is 5.98. The molecule has 2 fully saturated rings. The molecule has 0 atom stereocenters. The Bertz CT molecular complexity index is 476. The number of aliphatic carboxylic acids is 1. The number of carboxylic acids is 1. The van der Waals surface area contributed by atoms with E-state index in [1.807, 2.05) is 36.0 Å². The summed E-state index contributed by atoms with van der Waals surface area (Å²) in [5, 5.41) is 9.69. The van der Waals surface area contributed by atoms with Crippen molar-refractivity contribution in [3.05, 3.63) is 29.8 Å². The molecule has 19 heavy (non-hydrogen) atoms. The van der Waals surface area contributed by atoms with Gasteiger partial charge in [-0.15, -0.1) is 0 Å². The lowest BCUT2D eigenvalue weighted by Crippen LogP contribution is -2.35. The van der Waals surface area contributed by atoms with E-state index in [4.69, 9.17) is 4.74 Å². The van der Waals surface area contributed by atoms with Gasteiger partial charge in [-0.3, -0.25) is 4.79 Å². The molecule has 3 rings (SSSR count). The van der Waals surface area contributed by atoms with Crippen LogP contribution < -0.4 is 4.74 Å². The molecule has 2 aliphatic rings. The molecule has 102 valence electrons. The van der Waals surface area contributed by atoms with E-state index in [1.54, 1.807) is 0 Å². The predicted octanol–water partition coefficient (Wildman–Crippen LogP) is 3.08. The lowest BCUT2D eigenvalue weighted by Gasteiger charge is -2.31. The minimum Gasteiger partial charge on any atom is -0.488 e. The van der Waals surface area contributed by atoms with Gasteiger partial charge in [0.2, 0.25) is 0 Å². The molecule has 0 radical (unpaired) electrons. The van der Waals surface area contributed by atoms with Gasteiger partial charge in [0.05, 0.1) is 5.41 Å². The zero-order chi connectivity index (χ0) is 13.3. The largest absolute Gasteiger partial charge is 0.488 e. The van der Waals surface area contributed by atoms with Gasteiger partial charge >= 0.3 is 5.97 Å². The van der Waals surface area contributed by atoms with Crippen LogP contribution in [0.5, 0.6) is 5.75 Å². The van der Waals surface area contributed by atoms with Crippen molar-refractivity contribution in [1.29, 1.82) is 0 Å². The molecule has 1 aliphatic carbocycles. The van der Waals surface area contributed by atoms with Crippen molar-refractivity contribution < 1.29 is 14.6 Å². The van der Waals surface area contributed by atoms with Crippen molar-refractivity contribution in [2.75, 3.05) is 11.5 Å². The summed E-state index contributed by atoms with van der Waals surface area (Å²) in [5.74, 6) is 2.09. The van der Waals surface area contributed by atoms with Crippen LogP contribution in [0.3, 0.4) is 0 Å². The van der Waals surface area contributed by atoms with E-state index in [0.29, 0.717) is 0 Å². The average Bonchev–Trinajstić information content (AvgIpc) is 2.85. The highest BCUT2D eigenvalue weighted by Gasteiger charge is 2.45. The Hall–Kier alpha value is -1.16. The molecule has 0 aromatic heterocycles. The number of hydrogen-bond donors (Lipinski definition) is 1. The Morgan fingerprint density at radius 1 is 1.26 bits per heavy atom. The highest BCUT2D eigenvalue weighted by Crippen LogP contribution is 2.45. The van der Waals surface area contributed by atoms with Crippen molar-refractivity contribution in [1.82, 2.24) is 0 Å². The van der Waals surface area contributed by atoms with Crippen molar-refractivity contribution in [3.63, 3.8) is 0 Å². The normalized spacial score (nSPS) is 21.9. The first kappa shape index (κ1) is 12.9. The molecule has 1 aromatic carbocycles. The van der Waals surface area contributed by atoms with Crippen molar-refractivity contribution >= 4 is 17.7 Å². The molecule has 0 amide bonds. The molecular formula is C15H18O3S. The van der Waals surface area contributed by atoms with Gasteiger partial charge in [-0.2, -0.15) is 11.8 Å². The summed E-state index contributed by atoms with van der Waals surface area (Å²) in [6.07, 6.45) is 3.67. The van der Waals surface area contributed by atoms with Crippen molar-refractivity contribution in [3.8, 4) is 5.75 Å². The second-order valence-corrected chi connectivity index (χ2v) is 6.44. The van der Waals surface area contributed by atoms with Crippen LogP contribution in [0, 0.1) is 0 Å². The molecule has 1 heterocycles. The average molecular weight is 278 g/mol. The van der Waals surface area contributed by atoms with E-state index >= 15 is 0 Å². The summed E-state index contributed by atoms with van der Waals surface area (Å²) in [4.78, 5) is 11.8. The molecule has 0 spiro atoms. The van der Waals surface area contributed by atoms with Gasteiger partial charge in [0, 0.05) is 17.1 Å². The van der Waals surface area contributed by atoms with E-state index in [-0.39, 0.29) is 6.10 Å². The molecular weight excluding hydrogens is 260 g/mol. The summed E-state index contributed by atoms with van der Waals surface area (Å²) in [7, 11) is 0. The number of benzene rings is 1. The van der Waals surface area contributed by atoms with Crippen LogP contribution in [0.25, 0.3) is 0 Å². The topological polar surface area (TPSA) is 46.5 Å². The lowest BCUT2D eigenvalue weighted by atomic mass is 9.78. The second-order valence-electron chi connectivity index (χ2n) is 5.37. The van der Waals surface area contributed by atoms with E-state index in [1.165, 1.54) is 0 Å². The SMILES string of the molecule is O=C(O)C1(c2ccccc2OC2CSC2)CCCC1. The van der Waals surface area contributed by atoms with E-state index in [9.17, 15) is 9.90 Å². The minimum atomic E-state index is -0.729. The molecule has 1 saturated carbocycles. The Kier molecular flexibility index (Phi) is 3.44. The molecule has 1 N–H and O–H groups in total. The quantitative estimate of drug-likeness (QED) is 0.919. The third kappa shape index (κ3) is 2.22. The Morgan fingerprint density at radius 2 is 1.95 bits per heavy atom. The highest BCUT2D eigenvalue weighted by molar-refractivity contribution is 8.00. The van der Waals surface area contributed by atoms with Gasteiger partial charge in [-0.1, -0.05) is 31.0 Å². The molecule has 4 heteroatoms. The third-order valence-electron chi connectivity index (χ3n) is 4.17. The molecule has 3 nitrogen and oxygen atoms in total. The van der Waals surface area contributed by atoms with Gasteiger partial charge in [0.25, 0.3) is 0 Å². The third-order valence-corrected chi connectivity index (χ3v) is 5.39. The van der Waals surface area contributed by atoms with Gasteiger partial charge < -0.3 is 9.84 Å². The van der Waals surface area contributed by atoms with Crippen LogP contribution in [0.1, 0.15) is 31.2 Å². The number of ether oxygens (including phenoxy) is 1. The van der Waals surface area contributed by atoms with Crippen LogP contribution in [-0.2, 0) is 10.2 Å². The van der Waals surface area contributed by atoms with Crippen molar-refractivity contribution in [2.45, 2.75) is 37.2 Å². The van der Waals surface area contributed by atoms with Gasteiger partial charge in [-0.05, 0) is 18.9 Å². The standard InChI is InChI=1S/C15H18O3S/c16-14(17)15(7-3-4-8-15)12-5-1-2-6-13(12)18-11-9-19-10-11/h1-2,5-6,11H,3-4,7-10H2,(H,16,17). The van der Waals surface area contributed by atoms with Crippen LogP contribution in [0.2, 0.25) is 0 Å². The summed E-state index contributed by atoms with van der Waals surface area (Å²) in [6, 6.07) is 7.69. The monoisotopic (exact) mass is 278 g/mol. The van der Waals surface area contributed by atoms with Crippen LogP contribution >= 0.6 is 11.8 Å². The van der Waals surface area contributed by atoms with Crippen LogP contribution in [-0.4, -0.2) is 28.7 Å². The lowest BCUT2D eigenvalue weighted by molar-refractivity contribution is -0.143. The first-order valence-electron chi connectivity index (χ1n) is 6.80. The molecule has 1 saturated heterocycles. The highest BCUT2D eigenvalue weighted by atomic mass is 32.2. The van der Waals surface area contributed by atoms with Gasteiger partial charge in [0.15, 0.2) is 0 Å². The Labute approximate surface area is 117 Å². The van der Waals surface area contributed by atoms with E-state index in [0.717, 1.165) is 48.5 Å². The Balaban J connectivity index is 1.95. The predicted molar refractivity (Wildman–Crippen MR) is 76.0 cm³/mol. The van der Waals surface area contributed by atoms with E-state index < -0.39 is 11.4 Å². The maximum absolute atomic E-state index is 11.8. The zero-order valence-electron chi connectivity index (χ0n) is 10.8. The second kappa shape index (κ2) is 5.08. The number of para-hydroxylation sites is 1. The fraction of sp³-hybridized carbons (Fsp3) is 0.533. The minimum absolute atomic E-state index is 0.249. The summed E-state index contributed by atoms with van der Waals surface area (Å²) >= 11 is 1.87. The van der Waals surface area contributed by atoms with Crippen LogP contribution in [0.4, 0.5) is 0 Å². The molecule has 1 aromatic rings. The number of carbonyl (C=O) groups is 1. The molecule has 1 aliphatic heterocycles. The number of carboxylic acid groups (broad SMARTS) is 1. The molecule has 0 bridgehead atoms. The molecule has 0 unspecified atom stereocenters. The first-order valence-corrected chi connectivity index (χ1v) is 7.95. The smallest absolute Gasteiger partial charge is 0.314 e.